The van der Waals surface area contributed by atoms with E-state index in [1.54, 1.807) is 0 Å². The Morgan fingerprint density at radius 3 is 2.36 bits per heavy atom. The first-order chi connectivity index (χ1) is 21.0. The van der Waals surface area contributed by atoms with Crippen molar-refractivity contribution >= 4 is 39.5 Å². The molecule has 236 valence electrons. The maximum atomic E-state index is 13.8. The standard InChI is InChI=1S/C34H43BrN4O5/c1-33(2,31(41)38-22-34(23-38)14-17-36(18-15-34)32(42)43)44-29-7-3-6-28(19-29)37-16-4-5-25(21-37)30(40)39(27-12-13-27)20-24-8-10-26(35)11-9-24/h3,6-11,19,25,27H,4-5,12-18,20-23H2,1-2H3,(H,42,43). The molecular formula is C34H43BrN4O5. The number of anilines is 1. The fourth-order valence-electron chi connectivity index (χ4n) is 7.07. The van der Waals surface area contributed by atoms with E-state index >= 15 is 0 Å². The molecule has 1 saturated carbocycles. The SMILES string of the molecule is CC(C)(Oc1cccc(N2CCCC(C(=O)N(Cc3ccc(Br)cc3)C3CC3)C2)c1)C(=O)N1CC2(CCN(C(=O)O)CC2)C1. The highest BCUT2D eigenvalue weighted by Gasteiger charge is 2.50. The van der Waals surface area contributed by atoms with Crippen LogP contribution in [0.4, 0.5) is 10.5 Å². The lowest BCUT2D eigenvalue weighted by Crippen LogP contribution is -2.65. The molecule has 3 saturated heterocycles. The van der Waals surface area contributed by atoms with Crippen molar-refractivity contribution in [1.29, 1.82) is 0 Å². The second-order valence-corrected chi connectivity index (χ2v) is 14.6. The highest BCUT2D eigenvalue weighted by atomic mass is 79.9. The van der Waals surface area contributed by atoms with E-state index in [2.05, 4.69) is 43.9 Å². The summed E-state index contributed by atoms with van der Waals surface area (Å²) in [6.07, 6.45) is 4.70. The van der Waals surface area contributed by atoms with Crippen molar-refractivity contribution in [2.24, 2.45) is 11.3 Å². The Balaban J connectivity index is 1.06. The molecule has 1 aliphatic carbocycles. The van der Waals surface area contributed by atoms with Crippen molar-refractivity contribution in [1.82, 2.24) is 14.7 Å². The molecule has 9 nitrogen and oxygen atoms in total. The number of hydrogen-bond acceptors (Lipinski definition) is 5. The molecule has 3 aliphatic heterocycles. The molecule has 2 aromatic rings. The minimum atomic E-state index is -1.04. The van der Waals surface area contributed by atoms with Crippen molar-refractivity contribution in [2.45, 2.75) is 70.6 Å². The minimum absolute atomic E-state index is 0.0210. The lowest BCUT2D eigenvalue weighted by molar-refractivity contribution is -0.160. The van der Waals surface area contributed by atoms with Crippen LogP contribution in [0.2, 0.25) is 0 Å². The van der Waals surface area contributed by atoms with Gasteiger partial charge in [-0.1, -0.05) is 34.1 Å². The van der Waals surface area contributed by atoms with Crippen molar-refractivity contribution in [3.05, 3.63) is 58.6 Å². The zero-order valence-corrected chi connectivity index (χ0v) is 27.3. The van der Waals surface area contributed by atoms with Gasteiger partial charge < -0.3 is 29.4 Å². The van der Waals surface area contributed by atoms with Gasteiger partial charge in [0.2, 0.25) is 5.91 Å². The Kier molecular flexibility index (Phi) is 8.56. The van der Waals surface area contributed by atoms with E-state index in [-0.39, 0.29) is 23.1 Å². The monoisotopic (exact) mass is 666 g/mol. The van der Waals surface area contributed by atoms with E-state index < -0.39 is 11.7 Å². The number of hydrogen-bond donors (Lipinski definition) is 1. The number of ether oxygens (including phenoxy) is 1. The van der Waals surface area contributed by atoms with Gasteiger partial charge in [-0.05, 0) is 82.2 Å². The van der Waals surface area contributed by atoms with Gasteiger partial charge in [-0.15, -0.1) is 0 Å². The second-order valence-electron chi connectivity index (χ2n) is 13.6. The highest BCUT2D eigenvalue weighted by Crippen LogP contribution is 2.42. The van der Waals surface area contributed by atoms with E-state index in [0.29, 0.717) is 51.1 Å². The number of halogens is 1. The average molecular weight is 668 g/mol. The average Bonchev–Trinajstić information content (AvgIpc) is 3.84. The number of amides is 3. The third kappa shape index (κ3) is 6.70. The summed E-state index contributed by atoms with van der Waals surface area (Å²) in [5.41, 5.74) is 1.13. The van der Waals surface area contributed by atoms with Gasteiger partial charge in [-0.3, -0.25) is 9.59 Å². The van der Waals surface area contributed by atoms with Crippen molar-refractivity contribution < 1.29 is 24.2 Å². The number of likely N-dealkylation sites (tertiary alicyclic amines) is 2. The number of nitrogens with zero attached hydrogens (tertiary/aromatic N) is 4. The first-order valence-corrected chi connectivity index (χ1v) is 16.7. The summed E-state index contributed by atoms with van der Waals surface area (Å²) in [6, 6.07) is 16.5. The van der Waals surface area contributed by atoms with E-state index in [4.69, 9.17) is 4.74 Å². The number of benzene rings is 2. The Labute approximate surface area is 268 Å². The van der Waals surface area contributed by atoms with Crippen LogP contribution in [0.25, 0.3) is 0 Å². The number of carbonyl (C=O) groups is 3. The Hall–Kier alpha value is -3.27. The van der Waals surface area contributed by atoms with Crippen LogP contribution in [-0.4, -0.2) is 88.6 Å². The smallest absolute Gasteiger partial charge is 0.407 e. The fourth-order valence-corrected chi connectivity index (χ4v) is 7.33. The van der Waals surface area contributed by atoms with E-state index in [9.17, 15) is 19.5 Å². The van der Waals surface area contributed by atoms with Gasteiger partial charge in [0.1, 0.15) is 5.75 Å². The van der Waals surface area contributed by atoms with Gasteiger partial charge in [0.05, 0.1) is 5.92 Å². The fraction of sp³-hybridized carbons (Fsp3) is 0.559. The number of carbonyl (C=O) groups excluding carboxylic acids is 2. The van der Waals surface area contributed by atoms with Gasteiger partial charge in [-0.2, -0.15) is 0 Å². The maximum absolute atomic E-state index is 13.8. The van der Waals surface area contributed by atoms with E-state index in [1.165, 1.54) is 4.90 Å². The molecule has 2 aromatic carbocycles. The maximum Gasteiger partial charge on any atom is 0.407 e. The topological polar surface area (TPSA) is 93.6 Å². The van der Waals surface area contributed by atoms with Crippen LogP contribution in [0, 0.1) is 11.3 Å². The quantitative estimate of drug-likeness (QED) is 0.393. The molecule has 44 heavy (non-hydrogen) atoms. The highest BCUT2D eigenvalue weighted by molar-refractivity contribution is 9.10. The molecule has 0 bridgehead atoms. The molecule has 1 N–H and O–H groups in total. The van der Waals surface area contributed by atoms with Gasteiger partial charge >= 0.3 is 6.09 Å². The summed E-state index contributed by atoms with van der Waals surface area (Å²) >= 11 is 3.50. The largest absolute Gasteiger partial charge is 0.478 e. The molecule has 3 heterocycles. The molecular weight excluding hydrogens is 624 g/mol. The molecule has 4 aliphatic rings. The number of rotatable bonds is 8. The first kappa shape index (κ1) is 30.7. The van der Waals surface area contributed by atoms with E-state index in [0.717, 1.165) is 60.8 Å². The predicted molar refractivity (Wildman–Crippen MR) is 172 cm³/mol. The van der Waals surface area contributed by atoms with Gasteiger partial charge in [0.25, 0.3) is 5.91 Å². The lowest BCUT2D eigenvalue weighted by Gasteiger charge is -2.54. The summed E-state index contributed by atoms with van der Waals surface area (Å²) in [5.74, 6) is 0.779. The van der Waals surface area contributed by atoms with E-state index in [1.807, 2.05) is 49.1 Å². The zero-order valence-electron chi connectivity index (χ0n) is 25.7. The van der Waals surface area contributed by atoms with Crippen molar-refractivity contribution in [3.63, 3.8) is 0 Å². The second kappa shape index (κ2) is 12.3. The lowest BCUT2D eigenvalue weighted by atomic mass is 9.71. The van der Waals surface area contributed by atoms with Crippen molar-refractivity contribution in [2.75, 3.05) is 44.2 Å². The van der Waals surface area contributed by atoms with Gasteiger partial charge in [-0.25, -0.2) is 4.79 Å². The minimum Gasteiger partial charge on any atom is -0.478 e. The zero-order chi connectivity index (χ0) is 31.1. The summed E-state index contributed by atoms with van der Waals surface area (Å²) in [7, 11) is 0. The number of piperidine rings is 2. The summed E-state index contributed by atoms with van der Waals surface area (Å²) in [6.45, 7) is 8.17. The normalized spacial score (nSPS) is 21.5. The molecule has 3 amide bonds. The molecule has 4 fully saturated rings. The first-order valence-electron chi connectivity index (χ1n) is 15.9. The summed E-state index contributed by atoms with van der Waals surface area (Å²) in [5, 5.41) is 9.25. The Bertz CT molecular complexity index is 1380. The van der Waals surface area contributed by atoms with Crippen LogP contribution in [0.3, 0.4) is 0 Å². The third-order valence-corrected chi connectivity index (χ3v) is 10.3. The summed E-state index contributed by atoms with van der Waals surface area (Å²) in [4.78, 5) is 46.2. The van der Waals surface area contributed by atoms with Gasteiger partial charge in [0.15, 0.2) is 5.60 Å². The van der Waals surface area contributed by atoms with Crippen molar-refractivity contribution in [3.8, 4) is 5.75 Å². The predicted octanol–water partition coefficient (Wildman–Crippen LogP) is 5.62. The van der Waals surface area contributed by atoms with Crippen LogP contribution in [0.15, 0.2) is 53.0 Å². The molecule has 6 rings (SSSR count). The van der Waals surface area contributed by atoms with Crippen LogP contribution in [0.5, 0.6) is 5.75 Å². The molecule has 10 heteroatoms. The molecule has 1 spiro atoms. The molecule has 1 atom stereocenters. The molecule has 1 unspecified atom stereocenters. The van der Waals surface area contributed by atoms with Gasteiger partial charge in [0, 0.05) is 73.5 Å². The molecule has 0 aromatic heterocycles. The molecule has 0 radical (unpaired) electrons. The Morgan fingerprint density at radius 2 is 1.70 bits per heavy atom. The third-order valence-electron chi connectivity index (χ3n) is 9.81. The van der Waals surface area contributed by atoms with Crippen LogP contribution in [-0.2, 0) is 16.1 Å². The van der Waals surface area contributed by atoms with Crippen LogP contribution >= 0.6 is 15.9 Å². The van der Waals surface area contributed by atoms with Crippen LogP contribution in [0.1, 0.15) is 57.9 Å². The van der Waals surface area contributed by atoms with Crippen LogP contribution < -0.4 is 9.64 Å². The Morgan fingerprint density at radius 1 is 1.00 bits per heavy atom. The number of carboxylic acid groups (broad SMARTS) is 1. The summed E-state index contributed by atoms with van der Waals surface area (Å²) < 4.78 is 7.36.